The van der Waals surface area contributed by atoms with Gasteiger partial charge in [-0.15, -0.1) is 0 Å². The summed E-state index contributed by atoms with van der Waals surface area (Å²) in [4.78, 5) is 13.7. The second-order valence-electron chi connectivity index (χ2n) is 5.10. The Kier molecular flexibility index (Phi) is 4.61. The highest BCUT2D eigenvalue weighted by Crippen LogP contribution is 2.19. The molecule has 1 aromatic rings. The number of rotatable bonds is 5. The number of carbonyl (C=O) groups is 1. The molecule has 0 amide bonds. The molecule has 0 radical (unpaired) electrons. The second kappa shape index (κ2) is 6.21. The van der Waals surface area contributed by atoms with Crippen LogP contribution in [-0.2, 0) is 4.74 Å². The van der Waals surface area contributed by atoms with Crippen molar-refractivity contribution >= 4 is 5.97 Å². The number of nitrogens with one attached hydrogen (secondary N) is 1. The fourth-order valence-corrected chi connectivity index (χ4v) is 2.45. The van der Waals surface area contributed by atoms with E-state index in [1.807, 2.05) is 13.0 Å². The molecule has 0 aromatic carbocycles. The maximum atomic E-state index is 11.3. The fourth-order valence-electron chi connectivity index (χ4n) is 2.45. The monoisotopic (exact) mass is 266 g/mol. The summed E-state index contributed by atoms with van der Waals surface area (Å²) >= 11 is 0. The third-order valence-corrected chi connectivity index (χ3v) is 3.77. The molecule has 2 rings (SSSR count). The zero-order valence-electron chi connectivity index (χ0n) is 11.8. The molecule has 2 atom stereocenters. The lowest BCUT2D eigenvalue weighted by atomic mass is 10.2. The molecule has 5 nitrogen and oxygen atoms in total. The van der Waals surface area contributed by atoms with Crippen molar-refractivity contribution in [2.75, 3.05) is 27.2 Å². The van der Waals surface area contributed by atoms with E-state index in [0.717, 1.165) is 12.3 Å². The highest BCUT2D eigenvalue weighted by Gasteiger charge is 2.22. The van der Waals surface area contributed by atoms with Crippen LogP contribution in [0.3, 0.4) is 0 Å². The van der Waals surface area contributed by atoms with E-state index in [0.29, 0.717) is 6.04 Å². The first kappa shape index (κ1) is 14.1. The van der Waals surface area contributed by atoms with Gasteiger partial charge in [-0.2, -0.15) is 0 Å². The predicted molar refractivity (Wildman–Crippen MR) is 72.1 cm³/mol. The van der Waals surface area contributed by atoms with Gasteiger partial charge in [0.05, 0.1) is 13.2 Å². The third-order valence-electron chi connectivity index (χ3n) is 3.77. The number of likely N-dealkylation sites (N-methyl/N-ethyl adjacent to an activating group) is 1. The average Bonchev–Trinajstić information content (AvgIpc) is 3.04. The molecule has 2 heterocycles. The van der Waals surface area contributed by atoms with Gasteiger partial charge in [0.25, 0.3) is 0 Å². The molecule has 1 aromatic heterocycles. The Balaban J connectivity index is 1.87. The summed E-state index contributed by atoms with van der Waals surface area (Å²) in [7, 11) is 3.51. The van der Waals surface area contributed by atoms with E-state index in [1.54, 1.807) is 6.07 Å². The van der Waals surface area contributed by atoms with Crippen molar-refractivity contribution < 1.29 is 13.9 Å². The van der Waals surface area contributed by atoms with Gasteiger partial charge in [-0.25, -0.2) is 4.79 Å². The Hall–Kier alpha value is -1.33. The Morgan fingerprint density at radius 2 is 2.42 bits per heavy atom. The van der Waals surface area contributed by atoms with E-state index in [-0.39, 0.29) is 11.8 Å². The van der Waals surface area contributed by atoms with Crippen LogP contribution in [0.1, 0.15) is 42.1 Å². The van der Waals surface area contributed by atoms with Crippen LogP contribution in [0.5, 0.6) is 0 Å². The number of hydrogen-bond acceptors (Lipinski definition) is 5. The van der Waals surface area contributed by atoms with Crippen molar-refractivity contribution in [1.82, 2.24) is 10.2 Å². The first-order valence-corrected chi connectivity index (χ1v) is 6.73. The summed E-state index contributed by atoms with van der Waals surface area (Å²) in [6.07, 6.45) is 2.51. The van der Waals surface area contributed by atoms with Crippen LogP contribution in [0.4, 0.5) is 0 Å². The largest absolute Gasteiger partial charge is 0.463 e. The molecular weight excluding hydrogens is 244 g/mol. The molecule has 19 heavy (non-hydrogen) atoms. The first-order valence-electron chi connectivity index (χ1n) is 6.73. The fraction of sp³-hybridized carbons (Fsp3) is 0.643. The minimum absolute atomic E-state index is 0.0902. The van der Waals surface area contributed by atoms with Crippen LogP contribution in [0.2, 0.25) is 0 Å². The number of likely N-dealkylation sites (tertiary alicyclic amines) is 1. The van der Waals surface area contributed by atoms with Crippen LogP contribution in [0, 0.1) is 0 Å². The molecule has 1 aliphatic heterocycles. The van der Waals surface area contributed by atoms with Crippen LogP contribution in [0.15, 0.2) is 16.5 Å². The van der Waals surface area contributed by atoms with Crippen molar-refractivity contribution in [2.24, 2.45) is 0 Å². The number of furan rings is 1. The maximum Gasteiger partial charge on any atom is 0.373 e. The van der Waals surface area contributed by atoms with Gasteiger partial charge >= 0.3 is 5.97 Å². The van der Waals surface area contributed by atoms with Crippen molar-refractivity contribution in [2.45, 2.75) is 31.8 Å². The Bertz CT molecular complexity index is 430. The van der Waals surface area contributed by atoms with Gasteiger partial charge in [0, 0.05) is 12.6 Å². The number of ether oxygens (including phenoxy) is 1. The summed E-state index contributed by atoms with van der Waals surface area (Å²) in [5.41, 5.74) is 0. The molecule has 106 valence electrons. The number of carbonyl (C=O) groups excluding carboxylic acids is 1. The molecule has 5 heteroatoms. The Morgan fingerprint density at radius 3 is 3.05 bits per heavy atom. The second-order valence-corrected chi connectivity index (χ2v) is 5.10. The Morgan fingerprint density at radius 1 is 1.63 bits per heavy atom. The van der Waals surface area contributed by atoms with Crippen LogP contribution in [0.25, 0.3) is 0 Å². The topological polar surface area (TPSA) is 54.7 Å². The number of esters is 1. The normalized spacial score (nSPS) is 21.5. The highest BCUT2D eigenvalue weighted by molar-refractivity contribution is 5.86. The van der Waals surface area contributed by atoms with Gasteiger partial charge in [0.15, 0.2) is 0 Å². The van der Waals surface area contributed by atoms with Crippen molar-refractivity contribution in [3.63, 3.8) is 0 Å². The Labute approximate surface area is 113 Å². The van der Waals surface area contributed by atoms with Gasteiger partial charge in [-0.05, 0) is 45.5 Å². The molecule has 0 aliphatic carbocycles. The SMILES string of the molecule is COC(=O)c1ccc(C(C)NCC2CCCN2C)o1. The third kappa shape index (κ3) is 3.36. The van der Waals surface area contributed by atoms with Gasteiger partial charge in [-0.3, -0.25) is 0 Å². The molecule has 1 aliphatic rings. The average molecular weight is 266 g/mol. The van der Waals surface area contributed by atoms with Gasteiger partial charge < -0.3 is 19.4 Å². The van der Waals surface area contributed by atoms with Crippen LogP contribution < -0.4 is 5.32 Å². The van der Waals surface area contributed by atoms with E-state index in [1.165, 1.54) is 26.5 Å². The zero-order chi connectivity index (χ0) is 13.8. The van der Waals surface area contributed by atoms with Gasteiger partial charge in [0.2, 0.25) is 5.76 Å². The van der Waals surface area contributed by atoms with Gasteiger partial charge in [0.1, 0.15) is 5.76 Å². The van der Waals surface area contributed by atoms with Crippen LogP contribution in [-0.4, -0.2) is 44.2 Å². The summed E-state index contributed by atoms with van der Waals surface area (Å²) in [6, 6.07) is 4.16. The standard InChI is InChI=1S/C14H22N2O3/c1-10(15-9-11-5-4-8-16(11)2)12-6-7-13(19-12)14(17)18-3/h6-7,10-11,15H,4-5,8-9H2,1-3H3. The lowest BCUT2D eigenvalue weighted by Crippen LogP contribution is -2.36. The van der Waals surface area contributed by atoms with E-state index in [9.17, 15) is 4.79 Å². The number of hydrogen-bond donors (Lipinski definition) is 1. The lowest BCUT2D eigenvalue weighted by Gasteiger charge is -2.21. The first-order chi connectivity index (χ1) is 9.11. The van der Waals surface area contributed by atoms with E-state index >= 15 is 0 Å². The minimum Gasteiger partial charge on any atom is -0.463 e. The summed E-state index contributed by atoms with van der Waals surface area (Å²) in [5.74, 6) is 0.583. The predicted octanol–water partition coefficient (Wildman–Crippen LogP) is 1.81. The summed E-state index contributed by atoms with van der Waals surface area (Å²) < 4.78 is 10.1. The van der Waals surface area contributed by atoms with Crippen molar-refractivity contribution in [3.05, 3.63) is 23.7 Å². The summed E-state index contributed by atoms with van der Waals surface area (Å²) in [6.45, 7) is 4.15. The highest BCUT2D eigenvalue weighted by atomic mass is 16.5. The van der Waals surface area contributed by atoms with Crippen molar-refractivity contribution in [3.8, 4) is 0 Å². The molecule has 1 fully saturated rings. The number of nitrogens with zero attached hydrogens (tertiary/aromatic N) is 1. The zero-order valence-corrected chi connectivity index (χ0v) is 11.8. The molecule has 1 saturated heterocycles. The lowest BCUT2D eigenvalue weighted by molar-refractivity contribution is 0.0562. The molecular formula is C14H22N2O3. The smallest absolute Gasteiger partial charge is 0.373 e. The van der Waals surface area contributed by atoms with Crippen molar-refractivity contribution in [1.29, 1.82) is 0 Å². The quantitative estimate of drug-likeness (QED) is 0.824. The van der Waals surface area contributed by atoms with E-state index in [4.69, 9.17) is 4.42 Å². The number of methoxy groups -OCH3 is 1. The van der Waals surface area contributed by atoms with E-state index < -0.39 is 5.97 Å². The molecule has 0 saturated carbocycles. The molecule has 0 spiro atoms. The minimum atomic E-state index is -0.436. The molecule has 0 bridgehead atoms. The molecule has 1 N–H and O–H groups in total. The van der Waals surface area contributed by atoms with Crippen LogP contribution >= 0.6 is 0 Å². The van der Waals surface area contributed by atoms with E-state index in [2.05, 4.69) is 22.0 Å². The molecule has 2 unspecified atom stereocenters. The summed E-state index contributed by atoms with van der Waals surface area (Å²) in [5, 5.41) is 3.45. The van der Waals surface area contributed by atoms with Gasteiger partial charge in [-0.1, -0.05) is 0 Å². The maximum absolute atomic E-state index is 11.3.